The monoisotopic (exact) mass is 780 g/mol. The third-order valence-electron chi connectivity index (χ3n) is 8.06. The zero-order valence-electron chi connectivity index (χ0n) is 32.8. The van der Waals surface area contributed by atoms with Gasteiger partial charge in [-0.15, -0.1) is 40.8 Å². The quantitative estimate of drug-likeness (QED) is 0.114. The highest BCUT2D eigenvalue weighted by atomic mass is 16.5. The first-order chi connectivity index (χ1) is 28.9. The molecule has 14 heteroatoms. The molecule has 0 saturated carbocycles. The van der Waals surface area contributed by atoms with Gasteiger partial charge >= 0.3 is 0 Å². The van der Waals surface area contributed by atoms with Crippen molar-refractivity contribution in [3.63, 3.8) is 0 Å². The van der Waals surface area contributed by atoms with E-state index >= 15 is 0 Å². The van der Waals surface area contributed by atoms with Gasteiger partial charge in [0.2, 0.25) is 0 Å². The second-order valence-electron chi connectivity index (χ2n) is 12.2. The van der Waals surface area contributed by atoms with E-state index < -0.39 is 0 Å². The summed E-state index contributed by atoms with van der Waals surface area (Å²) >= 11 is 0. The number of pyridine rings is 4. The number of hydrogen-bond acceptors (Lipinski definition) is 14. The van der Waals surface area contributed by atoms with Crippen molar-refractivity contribution in [2.45, 2.75) is 20.8 Å². The van der Waals surface area contributed by atoms with Crippen LogP contribution in [0, 0.1) is 6.92 Å². The summed E-state index contributed by atoms with van der Waals surface area (Å²) in [6.07, 6.45) is 5.22. The van der Waals surface area contributed by atoms with Crippen molar-refractivity contribution in [3.8, 4) is 56.9 Å². The minimum absolute atomic E-state index is 0.496. The number of rotatable bonds is 11. The van der Waals surface area contributed by atoms with E-state index in [1.54, 1.807) is 42.9 Å². The highest BCUT2D eigenvalue weighted by Gasteiger charge is 2.09. The normalized spacial score (nSPS) is 10.2. The molecular formula is C45H40N12O2. The van der Waals surface area contributed by atoms with E-state index in [0.29, 0.717) is 47.5 Å². The van der Waals surface area contributed by atoms with Crippen molar-refractivity contribution in [2.75, 3.05) is 13.2 Å². The van der Waals surface area contributed by atoms with Crippen molar-refractivity contribution in [2.24, 2.45) is 0 Å². The van der Waals surface area contributed by atoms with Crippen LogP contribution >= 0.6 is 0 Å². The van der Waals surface area contributed by atoms with Crippen molar-refractivity contribution >= 4 is 11.5 Å². The Morgan fingerprint density at radius 3 is 1.03 bits per heavy atom. The number of hydrogen-bond donors (Lipinski definition) is 0. The molecule has 59 heavy (non-hydrogen) atoms. The van der Waals surface area contributed by atoms with E-state index in [0.717, 1.165) is 51.2 Å². The molecule has 0 unspecified atom stereocenters. The van der Waals surface area contributed by atoms with E-state index in [1.807, 2.05) is 118 Å². The van der Waals surface area contributed by atoms with Crippen LogP contribution in [0.25, 0.3) is 68.5 Å². The molecule has 0 aliphatic rings. The molecule has 0 saturated heterocycles. The van der Waals surface area contributed by atoms with E-state index in [4.69, 9.17) is 9.47 Å². The zero-order chi connectivity index (χ0) is 41.2. The van der Waals surface area contributed by atoms with Gasteiger partial charge in [0.25, 0.3) is 0 Å². The summed E-state index contributed by atoms with van der Waals surface area (Å²) < 4.78 is 10.6. The highest BCUT2D eigenvalue weighted by Crippen LogP contribution is 2.20. The van der Waals surface area contributed by atoms with Crippen LogP contribution in [0.1, 0.15) is 30.9 Å². The van der Waals surface area contributed by atoms with Gasteiger partial charge in [-0.3, -0.25) is 19.9 Å². The maximum Gasteiger partial charge on any atom is 0.139 e. The Labute approximate surface area is 341 Å². The largest absolute Gasteiger partial charge is 0.492 e. The summed E-state index contributed by atoms with van der Waals surface area (Å²) in [5.74, 6) is 0.993. The van der Waals surface area contributed by atoms with Gasteiger partial charge in [-0.1, -0.05) is 37.4 Å². The lowest BCUT2D eigenvalue weighted by molar-refractivity contribution is 0.297. The zero-order valence-corrected chi connectivity index (χ0v) is 32.8. The summed E-state index contributed by atoms with van der Waals surface area (Å²) in [7, 11) is 0. The van der Waals surface area contributed by atoms with Crippen LogP contribution in [-0.4, -0.2) is 73.9 Å². The summed E-state index contributed by atoms with van der Waals surface area (Å²) in [4.78, 5) is 17.1. The Morgan fingerprint density at radius 2 is 0.729 bits per heavy atom. The first-order valence-electron chi connectivity index (χ1n) is 18.6. The van der Waals surface area contributed by atoms with E-state index in [2.05, 4.69) is 73.9 Å². The number of nitrogens with zero attached hydrogens (tertiary/aromatic N) is 12. The summed E-state index contributed by atoms with van der Waals surface area (Å²) in [6.45, 7) is 14.4. The molecule has 0 spiro atoms. The molecule has 0 bridgehead atoms. The molecule has 8 rings (SSSR count). The van der Waals surface area contributed by atoms with Crippen molar-refractivity contribution in [1.82, 2.24) is 60.7 Å². The Bertz CT molecular complexity index is 2410. The van der Waals surface area contributed by atoms with E-state index in [1.165, 1.54) is 0 Å². The summed E-state index contributed by atoms with van der Waals surface area (Å²) in [6, 6.07) is 37.8. The Morgan fingerprint density at radius 1 is 0.390 bits per heavy atom. The third-order valence-corrected chi connectivity index (χ3v) is 8.06. The molecule has 8 heterocycles. The van der Waals surface area contributed by atoms with Crippen LogP contribution in [0.4, 0.5) is 0 Å². The topological polar surface area (TPSA) is 173 Å². The molecule has 8 aromatic rings. The van der Waals surface area contributed by atoms with Crippen LogP contribution in [-0.2, 0) is 9.47 Å². The van der Waals surface area contributed by atoms with Crippen molar-refractivity contribution in [3.05, 3.63) is 170 Å². The third kappa shape index (κ3) is 11.5. The second kappa shape index (κ2) is 20.8. The predicted octanol–water partition coefficient (Wildman–Crippen LogP) is 8.46. The van der Waals surface area contributed by atoms with Gasteiger partial charge in [0.05, 0.1) is 36.0 Å². The molecule has 292 valence electrons. The SMILES string of the molecule is C=C(OCC)c1ccc(-c2ccc(C(=C)OCC)nn2)nn1.Cc1cccc(-c2ccc(-c3ccccn3)nn2)n1.c1ccc(-c2ccc(-c3ccccn3)nn2)nc1. The first kappa shape index (κ1) is 40.7. The lowest BCUT2D eigenvalue weighted by Gasteiger charge is -2.07. The van der Waals surface area contributed by atoms with Crippen molar-refractivity contribution in [1.29, 1.82) is 0 Å². The molecule has 8 aromatic heterocycles. The van der Waals surface area contributed by atoms with Gasteiger partial charge in [-0.05, 0) is 118 Å². The van der Waals surface area contributed by atoms with Crippen molar-refractivity contribution < 1.29 is 9.47 Å². The van der Waals surface area contributed by atoms with Gasteiger partial charge in [-0.2, -0.15) is 0 Å². The molecule has 0 aliphatic carbocycles. The van der Waals surface area contributed by atoms with Crippen LogP contribution in [0.5, 0.6) is 0 Å². The van der Waals surface area contributed by atoms with Crippen LogP contribution in [0.2, 0.25) is 0 Å². The molecule has 0 amide bonds. The lowest BCUT2D eigenvalue weighted by atomic mass is 10.2. The average molecular weight is 781 g/mol. The first-order valence-corrected chi connectivity index (χ1v) is 18.6. The van der Waals surface area contributed by atoms with Gasteiger partial charge in [0.1, 0.15) is 57.1 Å². The van der Waals surface area contributed by atoms with Gasteiger partial charge in [0.15, 0.2) is 0 Å². The molecule has 0 aromatic carbocycles. The fraction of sp³-hybridized carbons (Fsp3) is 0.111. The second-order valence-corrected chi connectivity index (χ2v) is 12.2. The Hall–Kier alpha value is -8.00. The minimum atomic E-state index is 0.496. The van der Waals surface area contributed by atoms with Crippen LogP contribution in [0.3, 0.4) is 0 Å². The maximum absolute atomic E-state index is 5.29. The number of aromatic nitrogens is 12. The fourth-order valence-corrected chi connectivity index (χ4v) is 5.17. The molecule has 0 N–H and O–H groups in total. The van der Waals surface area contributed by atoms with E-state index in [9.17, 15) is 0 Å². The van der Waals surface area contributed by atoms with Crippen LogP contribution < -0.4 is 0 Å². The number of aryl methyl sites for hydroxylation is 1. The predicted molar refractivity (Wildman–Crippen MR) is 226 cm³/mol. The number of ether oxygens (including phenoxy) is 2. The summed E-state index contributed by atoms with van der Waals surface area (Å²) in [5.41, 5.74) is 9.73. The van der Waals surface area contributed by atoms with Crippen LogP contribution in [0.15, 0.2) is 153 Å². The summed E-state index contributed by atoms with van der Waals surface area (Å²) in [5, 5.41) is 33.1. The molecule has 0 fully saturated rings. The van der Waals surface area contributed by atoms with Gasteiger partial charge in [0, 0.05) is 24.3 Å². The lowest BCUT2D eigenvalue weighted by Crippen LogP contribution is -2.00. The van der Waals surface area contributed by atoms with E-state index in [-0.39, 0.29) is 0 Å². The van der Waals surface area contributed by atoms with Gasteiger partial charge in [-0.25, -0.2) is 0 Å². The fourth-order valence-electron chi connectivity index (χ4n) is 5.17. The molecule has 14 nitrogen and oxygen atoms in total. The average Bonchev–Trinajstić information content (AvgIpc) is 3.31. The molecule has 0 radical (unpaired) electrons. The standard InChI is InChI=1S/C16H18N4O2.C15H12N4.C14H10N4/c1-5-21-11(3)13-7-9-15(19-17-13)16-10-8-14(18-20-16)12(4)22-6-2;1-11-5-4-7-13(17-11)15-9-8-14(18-19-15)12-6-2-3-10-16-12;1-3-9-15-11(5-1)13-7-8-14(18-17-13)12-6-2-4-10-16-12/h7-10H,3-6H2,1-2H3;2-10H,1H3;1-10H. The molecule has 0 aliphatic heterocycles. The maximum atomic E-state index is 5.29. The Balaban J connectivity index is 0.000000149. The smallest absolute Gasteiger partial charge is 0.139 e. The molecule has 0 atom stereocenters. The van der Waals surface area contributed by atoms with Gasteiger partial charge < -0.3 is 9.47 Å². The molecular weight excluding hydrogens is 741 g/mol. The minimum Gasteiger partial charge on any atom is -0.492 e. The highest BCUT2D eigenvalue weighted by molar-refractivity contribution is 5.61. The Kier molecular flexibility index (Phi) is 14.3.